The van der Waals surface area contributed by atoms with E-state index in [2.05, 4.69) is 50.3 Å². The molecule has 0 aliphatic carbocycles. The van der Waals surface area contributed by atoms with Crippen LogP contribution in [0.3, 0.4) is 0 Å². The van der Waals surface area contributed by atoms with Gasteiger partial charge in [-0.2, -0.15) is 0 Å². The lowest BCUT2D eigenvalue weighted by atomic mass is 9.82. The van der Waals surface area contributed by atoms with E-state index in [1.807, 2.05) is 0 Å². The zero-order valence-corrected chi connectivity index (χ0v) is 12.4. The Morgan fingerprint density at radius 1 is 1.29 bits per heavy atom. The van der Waals surface area contributed by atoms with Crippen LogP contribution in [0.25, 0.3) is 0 Å². The summed E-state index contributed by atoms with van der Waals surface area (Å²) in [7, 11) is 0. The Balaban J connectivity index is 2.49. The van der Waals surface area contributed by atoms with Crippen LogP contribution in [0.5, 0.6) is 0 Å². The molecular weight excluding hydrogens is 230 g/mol. The summed E-state index contributed by atoms with van der Waals surface area (Å²) in [5.41, 5.74) is 7.11. The summed E-state index contributed by atoms with van der Waals surface area (Å²) in [4.78, 5) is 4.46. The third kappa shape index (κ3) is 5.61. The molecule has 0 radical (unpaired) electrons. The molecule has 0 spiro atoms. The zero-order valence-electron chi connectivity index (χ0n) is 11.6. The fourth-order valence-electron chi connectivity index (χ4n) is 2.24. The van der Waals surface area contributed by atoms with Crippen molar-refractivity contribution in [1.82, 2.24) is 10.3 Å². The highest BCUT2D eigenvalue weighted by Crippen LogP contribution is 2.27. The van der Waals surface area contributed by atoms with Crippen molar-refractivity contribution in [2.24, 2.45) is 11.1 Å². The second-order valence-electron chi connectivity index (χ2n) is 6.41. The largest absolute Gasteiger partial charge is 0.325 e. The van der Waals surface area contributed by atoms with Crippen LogP contribution in [0.15, 0.2) is 5.38 Å². The number of aromatic nitrogens is 1. The fourth-order valence-corrected chi connectivity index (χ4v) is 2.92. The molecule has 0 unspecified atom stereocenters. The molecule has 17 heavy (non-hydrogen) atoms. The molecule has 3 nitrogen and oxygen atoms in total. The Labute approximate surface area is 109 Å². The zero-order chi connectivity index (χ0) is 13.1. The Morgan fingerprint density at radius 3 is 2.41 bits per heavy atom. The van der Waals surface area contributed by atoms with Crippen LogP contribution in [0.1, 0.15) is 51.7 Å². The Bertz CT molecular complexity index is 350. The lowest BCUT2D eigenvalue weighted by Gasteiger charge is -2.33. The van der Waals surface area contributed by atoms with Gasteiger partial charge in [-0.15, -0.1) is 11.3 Å². The average molecular weight is 255 g/mol. The second kappa shape index (κ2) is 5.46. The number of nitrogens with two attached hydrogens (primary N) is 1. The molecule has 0 bridgehead atoms. The van der Waals surface area contributed by atoms with Crippen molar-refractivity contribution in [3.63, 3.8) is 0 Å². The normalized spacial score (nSPS) is 13.1. The average Bonchev–Trinajstić information content (AvgIpc) is 2.58. The van der Waals surface area contributed by atoms with E-state index in [0.29, 0.717) is 12.0 Å². The minimum Gasteiger partial charge on any atom is -0.325 e. The van der Waals surface area contributed by atoms with Crippen molar-refractivity contribution >= 4 is 11.3 Å². The van der Waals surface area contributed by atoms with Gasteiger partial charge in [0.25, 0.3) is 0 Å². The first-order valence-electron chi connectivity index (χ1n) is 6.10. The van der Waals surface area contributed by atoms with Crippen molar-refractivity contribution in [3.8, 4) is 0 Å². The molecule has 0 aliphatic rings. The molecule has 1 aromatic rings. The number of nitrogens with one attached hydrogen (secondary N) is 1. The molecule has 0 fully saturated rings. The predicted octanol–water partition coefficient (Wildman–Crippen LogP) is 2.91. The standard InChI is InChI=1S/C13H25N3S/c1-12(2,3)9-13(4,5)15-7-10-8-17-11(6-14)16-10/h8,15H,6-7,9,14H2,1-5H3. The molecule has 0 atom stereocenters. The number of hydrogen-bond acceptors (Lipinski definition) is 4. The molecule has 1 heterocycles. The smallest absolute Gasteiger partial charge is 0.106 e. The minimum atomic E-state index is 0.130. The van der Waals surface area contributed by atoms with Crippen LogP contribution in [-0.2, 0) is 13.1 Å². The van der Waals surface area contributed by atoms with Crippen LogP contribution in [-0.4, -0.2) is 10.5 Å². The summed E-state index contributed by atoms with van der Waals surface area (Å²) in [5.74, 6) is 0. The van der Waals surface area contributed by atoms with Crippen LogP contribution >= 0.6 is 11.3 Å². The highest BCUT2D eigenvalue weighted by atomic mass is 32.1. The van der Waals surface area contributed by atoms with E-state index in [0.717, 1.165) is 23.7 Å². The fraction of sp³-hybridized carbons (Fsp3) is 0.769. The summed E-state index contributed by atoms with van der Waals surface area (Å²) in [6, 6.07) is 0. The Morgan fingerprint density at radius 2 is 1.94 bits per heavy atom. The second-order valence-corrected chi connectivity index (χ2v) is 7.35. The highest BCUT2D eigenvalue weighted by Gasteiger charge is 2.24. The first kappa shape index (κ1) is 14.6. The van der Waals surface area contributed by atoms with E-state index in [-0.39, 0.29) is 5.54 Å². The van der Waals surface area contributed by atoms with E-state index < -0.39 is 0 Å². The molecule has 98 valence electrons. The van der Waals surface area contributed by atoms with Crippen molar-refractivity contribution in [3.05, 3.63) is 16.1 Å². The molecule has 4 heteroatoms. The van der Waals surface area contributed by atoms with Crippen LogP contribution < -0.4 is 11.1 Å². The van der Waals surface area contributed by atoms with Gasteiger partial charge in [0.15, 0.2) is 0 Å². The molecule has 3 N–H and O–H groups in total. The highest BCUT2D eigenvalue weighted by molar-refractivity contribution is 7.09. The van der Waals surface area contributed by atoms with Gasteiger partial charge in [0, 0.05) is 24.0 Å². The molecule has 0 saturated heterocycles. The van der Waals surface area contributed by atoms with Gasteiger partial charge in [-0.25, -0.2) is 4.98 Å². The van der Waals surface area contributed by atoms with Gasteiger partial charge in [-0.3, -0.25) is 0 Å². The molecule has 0 saturated carbocycles. The topological polar surface area (TPSA) is 50.9 Å². The van der Waals surface area contributed by atoms with Crippen molar-refractivity contribution in [1.29, 1.82) is 0 Å². The van der Waals surface area contributed by atoms with Gasteiger partial charge in [-0.05, 0) is 25.7 Å². The summed E-state index contributed by atoms with van der Waals surface area (Å²) in [6.45, 7) is 12.7. The molecule has 1 aromatic heterocycles. The van der Waals surface area contributed by atoms with E-state index >= 15 is 0 Å². The summed E-state index contributed by atoms with van der Waals surface area (Å²) < 4.78 is 0. The minimum absolute atomic E-state index is 0.130. The van der Waals surface area contributed by atoms with Gasteiger partial charge in [-0.1, -0.05) is 20.8 Å². The van der Waals surface area contributed by atoms with Crippen molar-refractivity contribution in [2.75, 3.05) is 0 Å². The first-order chi connectivity index (χ1) is 7.72. The SMILES string of the molecule is CC(C)(C)CC(C)(C)NCc1csc(CN)n1. The van der Waals surface area contributed by atoms with Crippen LogP contribution in [0.2, 0.25) is 0 Å². The monoisotopic (exact) mass is 255 g/mol. The van der Waals surface area contributed by atoms with Gasteiger partial charge in [0.1, 0.15) is 5.01 Å². The lowest BCUT2D eigenvalue weighted by molar-refractivity contribution is 0.240. The maximum atomic E-state index is 5.56. The quantitative estimate of drug-likeness (QED) is 0.850. The number of nitrogens with zero attached hydrogens (tertiary/aromatic N) is 1. The van der Waals surface area contributed by atoms with E-state index in [4.69, 9.17) is 5.73 Å². The van der Waals surface area contributed by atoms with Crippen LogP contribution in [0, 0.1) is 5.41 Å². The maximum Gasteiger partial charge on any atom is 0.106 e. The van der Waals surface area contributed by atoms with Crippen LogP contribution in [0.4, 0.5) is 0 Å². The van der Waals surface area contributed by atoms with Crippen molar-refractivity contribution in [2.45, 2.75) is 59.7 Å². The van der Waals surface area contributed by atoms with Gasteiger partial charge >= 0.3 is 0 Å². The Hall–Kier alpha value is -0.450. The molecule has 0 aromatic carbocycles. The molecule has 1 rings (SSSR count). The molecular formula is C13H25N3S. The maximum absolute atomic E-state index is 5.56. The van der Waals surface area contributed by atoms with E-state index in [9.17, 15) is 0 Å². The number of rotatable bonds is 5. The Kier molecular flexibility index (Phi) is 4.69. The third-order valence-electron chi connectivity index (χ3n) is 2.49. The molecule has 0 aliphatic heterocycles. The third-order valence-corrected chi connectivity index (χ3v) is 3.41. The lowest BCUT2D eigenvalue weighted by Crippen LogP contribution is -2.41. The van der Waals surface area contributed by atoms with E-state index in [1.165, 1.54) is 0 Å². The van der Waals surface area contributed by atoms with E-state index in [1.54, 1.807) is 11.3 Å². The predicted molar refractivity (Wildman–Crippen MR) is 75.0 cm³/mol. The summed E-state index contributed by atoms with van der Waals surface area (Å²) in [6.07, 6.45) is 1.13. The number of hydrogen-bond donors (Lipinski definition) is 2. The number of thiazole rings is 1. The van der Waals surface area contributed by atoms with Crippen molar-refractivity contribution < 1.29 is 0 Å². The summed E-state index contributed by atoms with van der Waals surface area (Å²) in [5, 5.41) is 6.67. The van der Waals surface area contributed by atoms with Gasteiger partial charge < -0.3 is 11.1 Å². The van der Waals surface area contributed by atoms with Gasteiger partial charge in [0.05, 0.1) is 5.69 Å². The first-order valence-corrected chi connectivity index (χ1v) is 6.98. The molecule has 0 amide bonds. The summed E-state index contributed by atoms with van der Waals surface area (Å²) >= 11 is 1.64. The van der Waals surface area contributed by atoms with Gasteiger partial charge in [0.2, 0.25) is 0 Å².